The Labute approximate surface area is 124 Å². The largest absolute Gasteiger partial charge is 0.507 e. The van der Waals surface area contributed by atoms with Gasteiger partial charge in [-0.3, -0.25) is 4.79 Å². The Morgan fingerprint density at radius 3 is 2.50 bits per heavy atom. The molecule has 1 amide bonds. The fraction of sp³-hybridized carbons (Fsp3) is 0.133. The van der Waals surface area contributed by atoms with Crippen molar-refractivity contribution in [3.63, 3.8) is 0 Å². The molecule has 5 heteroatoms. The molecular weight excluding hydrogens is 325 g/mol. The summed E-state index contributed by atoms with van der Waals surface area (Å²) in [4.78, 5) is 12.0. The quantitative estimate of drug-likeness (QED) is 0.895. The molecule has 0 aliphatic rings. The Bertz CT molecular complexity index is 628. The highest BCUT2D eigenvalue weighted by Gasteiger charge is 2.12. The molecule has 0 radical (unpaired) electrons. The van der Waals surface area contributed by atoms with Crippen LogP contribution >= 0.6 is 15.9 Å². The molecule has 3 nitrogen and oxygen atoms in total. The molecule has 0 aromatic heterocycles. The van der Waals surface area contributed by atoms with E-state index in [0.29, 0.717) is 10.0 Å². The second-order valence-corrected chi connectivity index (χ2v) is 5.27. The highest BCUT2D eigenvalue weighted by atomic mass is 79.9. The van der Waals surface area contributed by atoms with Gasteiger partial charge in [0.25, 0.3) is 5.91 Å². The van der Waals surface area contributed by atoms with Crippen molar-refractivity contribution in [3.8, 4) is 5.75 Å². The van der Waals surface area contributed by atoms with Crippen molar-refractivity contribution >= 4 is 21.8 Å². The van der Waals surface area contributed by atoms with Crippen LogP contribution in [0.25, 0.3) is 0 Å². The zero-order valence-corrected chi connectivity index (χ0v) is 12.3. The van der Waals surface area contributed by atoms with Crippen LogP contribution in [0.2, 0.25) is 0 Å². The molecule has 0 fully saturated rings. The van der Waals surface area contributed by atoms with Crippen LogP contribution in [-0.4, -0.2) is 11.0 Å². The molecule has 2 aromatic carbocycles. The van der Waals surface area contributed by atoms with E-state index in [1.807, 2.05) is 6.92 Å². The summed E-state index contributed by atoms with van der Waals surface area (Å²) in [5.41, 5.74) is 1.17. The molecule has 104 valence electrons. The fourth-order valence-corrected chi connectivity index (χ4v) is 2.02. The third-order valence-electron chi connectivity index (χ3n) is 2.93. The van der Waals surface area contributed by atoms with Gasteiger partial charge in [-0.25, -0.2) is 4.39 Å². The number of halogens is 2. The van der Waals surface area contributed by atoms with E-state index in [2.05, 4.69) is 21.2 Å². The standard InChI is InChI=1S/C15H13BrFNO2/c1-9(10-2-5-12(17)6-3-10)18-15(20)11-4-7-13(16)14(19)8-11/h2-9,19H,1H3,(H,18,20). The maximum absolute atomic E-state index is 12.8. The smallest absolute Gasteiger partial charge is 0.251 e. The molecule has 2 aromatic rings. The maximum Gasteiger partial charge on any atom is 0.251 e. The molecule has 1 atom stereocenters. The van der Waals surface area contributed by atoms with E-state index in [1.54, 1.807) is 24.3 Å². The fourth-order valence-electron chi connectivity index (χ4n) is 1.77. The molecule has 0 saturated carbocycles. The predicted octanol–water partition coefficient (Wildman–Crippen LogP) is 3.78. The Kier molecular flexibility index (Phi) is 4.39. The first-order valence-electron chi connectivity index (χ1n) is 6.02. The van der Waals surface area contributed by atoms with Gasteiger partial charge in [0.05, 0.1) is 10.5 Å². The number of hydrogen-bond donors (Lipinski definition) is 2. The van der Waals surface area contributed by atoms with E-state index in [9.17, 15) is 14.3 Å². The molecule has 20 heavy (non-hydrogen) atoms. The van der Waals surface area contributed by atoms with E-state index in [4.69, 9.17) is 0 Å². The number of benzene rings is 2. The van der Waals surface area contributed by atoms with Crippen LogP contribution in [0.3, 0.4) is 0 Å². The second-order valence-electron chi connectivity index (χ2n) is 4.41. The van der Waals surface area contributed by atoms with Gasteiger partial charge in [-0.2, -0.15) is 0 Å². The van der Waals surface area contributed by atoms with Crippen LogP contribution < -0.4 is 5.32 Å². The average Bonchev–Trinajstić information content (AvgIpc) is 2.42. The molecule has 0 spiro atoms. The van der Waals surface area contributed by atoms with E-state index < -0.39 is 0 Å². The molecule has 0 saturated heterocycles. The summed E-state index contributed by atoms with van der Waals surface area (Å²) in [5, 5.41) is 12.4. The van der Waals surface area contributed by atoms with Crippen molar-refractivity contribution < 1.29 is 14.3 Å². The Morgan fingerprint density at radius 2 is 1.90 bits per heavy atom. The molecule has 2 N–H and O–H groups in total. The SMILES string of the molecule is CC(NC(=O)c1ccc(Br)c(O)c1)c1ccc(F)cc1. The van der Waals surface area contributed by atoms with Crippen LogP contribution in [0.5, 0.6) is 5.75 Å². The Morgan fingerprint density at radius 1 is 1.25 bits per heavy atom. The normalized spacial score (nSPS) is 11.9. The number of amides is 1. The van der Waals surface area contributed by atoms with Gasteiger partial charge in [-0.05, 0) is 58.7 Å². The second kappa shape index (κ2) is 6.05. The van der Waals surface area contributed by atoms with Crippen LogP contribution in [0.1, 0.15) is 28.9 Å². The third kappa shape index (κ3) is 3.36. The van der Waals surface area contributed by atoms with E-state index in [0.717, 1.165) is 5.56 Å². The average molecular weight is 338 g/mol. The number of phenols is 1. The first-order valence-corrected chi connectivity index (χ1v) is 6.81. The lowest BCUT2D eigenvalue weighted by atomic mass is 10.1. The summed E-state index contributed by atoms with van der Waals surface area (Å²) in [6.07, 6.45) is 0. The third-order valence-corrected chi connectivity index (χ3v) is 3.60. The van der Waals surface area contributed by atoms with E-state index in [1.165, 1.54) is 18.2 Å². The van der Waals surface area contributed by atoms with Crippen molar-refractivity contribution in [3.05, 3.63) is 63.9 Å². The minimum absolute atomic E-state index is 0.00656. The van der Waals surface area contributed by atoms with Crippen molar-refractivity contribution in [2.45, 2.75) is 13.0 Å². The van der Waals surface area contributed by atoms with Gasteiger partial charge in [0.2, 0.25) is 0 Å². The van der Waals surface area contributed by atoms with Gasteiger partial charge in [0.1, 0.15) is 11.6 Å². The number of nitrogens with one attached hydrogen (secondary N) is 1. The first-order chi connectivity index (χ1) is 9.47. The number of carbonyl (C=O) groups is 1. The minimum Gasteiger partial charge on any atom is -0.507 e. The molecule has 0 bridgehead atoms. The molecule has 2 rings (SSSR count). The van der Waals surface area contributed by atoms with Gasteiger partial charge >= 0.3 is 0 Å². The van der Waals surface area contributed by atoms with Crippen molar-refractivity contribution in [2.24, 2.45) is 0 Å². The number of phenolic OH excluding ortho intramolecular Hbond substituents is 1. The van der Waals surface area contributed by atoms with Crippen molar-refractivity contribution in [1.29, 1.82) is 0 Å². The lowest BCUT2D eigenvalue weighted by Gasteiger charge is -2.14. The zero-order valence-electron chi connectivity index (χ0n) is 10.7. The number of rotatable bonds is 3. The van der Waals surface area contributed by atoms with Gasteiger partial charge < -0.3 is 10.4 Å². The highest BCUT2D eigenvalue weighted by Crippen LogP contribution is 2.24. The Balaban J connectivity index is 2.10. The summed E-state index contributed by atoms with van der Waals surface area (Å²) in [7, 11) is 0. The van der Waals surface area contributed by atoms with Crippen molar-refractivity contribution in [2.75, 3.05) is 0 Å². The summed E-state index contributed by atoms with van der Waals surface area (Å²) in [6, 6.07) is 10.3. The first kappa shape index (κ1) is 14.5. The summed E-state index contributed by atoms with van der Waals surface area (Å²) < 4.78 is 13.4. The van der Waals surface area contributed by atoms with Crippen molar-refractivity contribution in [1.82, 2.24) is 5.32 Å². The zero-order chi connectivity index (χ0) is 14.7. The lowest BCUT2D eigenvalue weighted by Crippen LogP contribution is -2.26. The lowest BCUT2D eigenvalue weighted by molar-refractivity contribution is 0.0939. The molecule has 1 unspecified atom stereocenters. The number of hydrogen-bond acceptors (Lipinski definition) is 2. The van der Waals surface area contributed by atoms with Gasteiger partial charge in [-0.1, -0.05) is 12.1 Å². The predicted molar refractivity (Wildman–Crippen MR) is 78.1 cm³/mol. The van der Waals surface area contributed by atoms with Gasteiger partial charge in [0.15, 0.2) is 0 Å². The molecular formula is C15H13BrFNO2. The Hall–Kier alpha value is -1.88. The van der Waals surface area contributed by atoms with E-state index >= 15 is 0 Å². The number of aromatic hydroxyl groups is 1. The highest BCUT2D eigenvalue weighted by molar-refractivity contribution is 9.10. The van der Waals surface area contributed by atoms with Crippen LogP contribution in [-0.2, 0) is 0 Å². The molecule has 0 aliphatic carbocycles. The van der Waals surface area contributed by atoms with Crippen LogP contribution in [0.15, 0.2) is 46.9 Å². The summed E-state index contributed by atoms with van der Waals surface area (Å²) in [5.74, 6) is -0.609. The van der Waals surface area contributed by atoms with Gasteiger partial charge in [-0.15, -0.1) is 0 Å². The minimum atomic E-state index is -0.315. The van der Waals surface area contributed by atoms with Gasteiger partial charge in [0, 0.05) is 5.56 Å². The summed E-state index contributed by atoms with van der Waals surface area (Å²) in [6.45, 7) is 1.81. The summed E-state index contributed by atoms with van der Waals surface area (Å²) >= 11 is 3.16. The molecule has 0 aliphatic heterocycles. The van der Waals surface area contributed by atoms with Crippen LogP contribution in [0.4, 0.5) is 4.39 Å². The van der Waals surface area contributed by atoms with Crippen LogP contribution in [0, 0.1) is 5.82 Å². The molecule has 0 heterocycles. The number of carbonyl (C=O) groups excluding carboxylic acids is 1. The van der Waals surface area contributed by atoms with E-state index in [-0.39, 0.29) is 23.5 Å². The maximum atomic E-state index is 12.8. The topological polar surface area (TPSA) is 49.3 Å². The monoisotopic (exact) mass is 337 g/mol.